The monoisotopic (exact) mass is 387 g/mol. The summed E-state index contributed by atoms with van der Waals surface area (Å²) in [5, 5.41) is 2.86. The zero-order valence-corrected chi connectivity index (χ0v) is 16.2. The van der Waals surface area contributed by atoms with Crippen molar-refractivity contribution in [1.29, 1.82) is 0 Å². The summed E-state index contributed by atoms with van der Waals surface area (Å²) in [4.78, 5) is 18.8. The number of aromatic nitrogens is 1. The Morgan fingerprint density at radius 2 is 1.96 bits per heavy atom. The maximum absolute atomic E-state index is 12.8. The largest absolute Gasteiger partial charge is 0.494 e. The molecule has 1 aliphatic heterocycles. The van der Waals surface area contributed by atoms with E-state index in [1.54, 1.807) is 18.3 Å². The van der Waals surface area contributed by atoms with E-state index in [2.05, 4.69) is 15.2 Å². The number of ether oxygens (including phenoxy) is 2. The summed E-state index contributed by atoms with van der Waals surface area (Å²) in [6.45, 7) is 6.57. The van der Waals surface area contributed by atoms with Gasteiger partial charge in [-0.15, -0.1) is 0 Å². The predicted molar refractivity (Wildman–Crippen MR) is 105 cm³/mol. The molecule has 3 rings (SSSR count). The Kier molecular flexibility index (Phi) is 6.81. The van der Waals surface area contributed by atoms with E-state index >= 15 is 0 Å². The summed E-state index contributed by atoms with van der Waals surface area (Å²) in [7, 11) is 0. The van der Waals surface area contributed by atoms with Crippen molar-refractivity contribution in [1.82, 2.24) is 10.3 Å². The van der Waals surface area contributed by atoms with Crippen LogP contribution in [0.2, 0.25) is 0 Å². The molecular weight excluding hydrogens is 361 g/mol. The normalized spacial score (nSPS) is 19.3. The van der Waals surface area contributed by atoms with E-state index < -0.39 is 0 Å². The van der Waals surface area contributed by atoms with Crippen LogP contribution in [0.25, 0.3) is 0 Å². The molecule has 2 aromatic rings. The van der Waals surface area contributed by atoms with Crippen LogP contribution in [-0.4, -0.2) is 49.3 Å². The Balaban J connectivity index is 1.46. The summed E-state index contributed by atoms with van der Waals surface area (Å²) in [6.07, 6.45) is 2.60. The van der Waals surface area contributed by atoms with E-state index in [0.717, 1.165) is 18.8 Å². The van der Waals surface area contributed by atoms with Gasteiger partial charge in [-0.25, -0.2) is 4.39 Å². The van der Waals surface area contributed by atoms with Crippen LogP contribution in [0.5, 0.6) is 5.75 Å². The van der Waals surface area contributed by atoms with Gasteiger partial charge in [0.15, 0.2) is 0 Å². The van der Waals surface area contributed by atoms with E-state index in [1.165, 1.54) is 12.1 Å². The number of morpholine rings is 1. The smallest absolute Gasteiger partial charge is 0.269 e. The lowest BCUT2D eigenvalue weighted by molar-refractivity contribution is -0.00522. The molecule has 1 saturated heterocycles. The van der Waals surface area contributed by atoms with E-state index in [9.17, 15) is 9.18 Å². The van der Waals surface area contributed by atoms with Gasteiger partial charge in [0.1, 0.15) is 17.3 Å². The fourth-order valence-corrected chi connectivity index (χ4v) is 3.21. The maximum Gasteiger partial charge on any atom is 0.269 e. The number of carbonyl (C=O) groups excluding carboxylic acids is 1. The highest BCUT2D eigenvalue weighted by Crippen LogP contribution is 2.20. The van der Waals surface area contributed by atoms with E-state index in [-0.39, 0.29) is 23.9 Å². The van der Waals surface area contributed by atoms with E-state index in [4.69, 9.17) is 9.47 Å². The van der Waals surface area contributed by atoms with E-state index in [0.29, 0.717) is 31.0 Å². The molecule has 0 spiro atoms. The third kappa shape index (κ3) is 5.66. The molecule has 28 heavy (non-hydrogen) atoms. The first-order chi connectivity index (χ1) is 13.5. The van der Waals surface area contributed by atoms with E-state index in [1.807, 2.05) is 26.0 Å². The van der Waals surface area contributed by atoms with Gasteiger partial charge in [0.25, 0.3) is 5.91 Å². The number of hydrogen-bond donors (Lipinski definition) is 1. The third-order valence-electron chi connectivity index (χ3n) is 4.45. The molecule has 1 N–H and O–H groups in total. The molecule has 1 aromatic heterocycles. The molecule has 0 radical (unpaired) electrons. The van der Waals surface area contributed by atoms with Crippen molar-refractivity contribution in [3.8, 4) is 5.75 Å². The van der Waals surface area contributed by atoms with Crippen molar-refractivity contribution in [2.24, 2.45) is 0 Å². The molecular formula is C21H26FN3O3. The van der Waals surface area contributed by atoms with Gasteiger partial charge in [0.2, 0.25) is 0 Å². The molecule has 0 bridgehead atoms. The van der Waals surface area contributed by atoms with Crippen molar-refractivity contribution in [3.05, 3.63) is 54.1 Å². The molecule has 150 valence electrons. The molecule has 7 heteroatoms. The lowest BCUT2D eigenvalue weighted by atomic mass is 10.2. The van der Waals surface area contributed by atoms with Gasteiger partial charge in [-0.05, 0) is 56.7 Å². The second-order valence-corrected chi connectivity index (χ2v) is 6.97. The molecule has 1 amide bonds. The fraction of sp³-hybridized carbons (Fsp3) is 0.429. The number of benzene rings is 1. The van der Waals surface area contributed by atoms with Crippen LogP contribution < -0.4 is 15.0 Å². The Morgan fingerprint density at radius 1 is 1.25 bits per heavy atom. The number of rotatable bonds is 7. The number of pyridine rings is 1. The van der Waals surface area contributed by atoms with Gasteiger partial charge in [0.05, 0.1) is 18.8 Å². The van der Waals surface area contributed by atoms with Crippen LogP contribution in [0.15, 0.2) is 42.6 Å². The lowest BCUT2D eigenvalue weighted by Crippen LogP contribution is -2.45. The van der Waals surface area contributed by atoms with Gasteiger partial charge in [-0.3, -0.25) is 9.78 Å². The highest BCUT2D eigenvalue weighted by molar-refractivity contribution is 5.93. The molecule has 1 fully saturated rings. The number of nitrogens with zero attached hydrogens (tertiary/aromatic N) is 2. The second kappa shape index (κ2) is 9.50. The summed E-state index contributed by atoms with van der Waals surface area (Å²) in [5.74, 6) is 0.101. The average Bonchev–Trinajstić information content (AvgIpc) is 2.68. The number of carbonyl (C=O) groups is 1. The molecule has 0 aliphatic carbocycles. The number of hydrogen-bond acceptors (Lipinski definition) is 5. The third-order valence-corrected chi connectivity index (χ3v) is 4.45. The summed E-state index contributed by atoms with van der Waals surface area (Å²) in [5.41, 5.74) is 1.37. The minimum atomic E-state index is -0.296. The van der Waals surface area contributed by atoms with Crippen LogP contribution in [0, 0.1) is 5.82 Å². The molecule has 1 aromatic carbocycles. The minimum absolute atomic E-state index is 0.148. The zero-order chi connectivity index (χ0) is 19.9. The second-order valence-electron chi connectivity index (χ2n) is 6.97. The van der Waals surface area contributed by atoms with Crippen molar-refractivity contribution in [3.63, 3.8) is 0 Å². The first kappa shape index (κ1) is 20.1. The van der Waals surface area contributed by atoms with Crippen molar-refractivity contribution < 1.29 is 18.7 Å². The average molecular weight is 387 g/mol. The van der Waals surface area contributed by atoms with Gasteiger partial charge in [-0.1, -0.05) is 0 Å². The number of halogens is 1. The Labute approximate surface area is 164 Å². The SMILES string of the molecule is C[C@@H]1CN(c2ccnc(C(=O)NCCCOc3ccc(F)cc3)c2)C[C@@H](C)O1. The highest BCUT2D eigenvalue weighted by Gasteiger charge is 2.23. The van der Waals surface area contributed by atoms with Crippen LogP contribution >= 0.6 is 0 Å². The Hall–Kier alpha value is -2.67. The number of anilines is 1. The molecule has 6 nitrogen and oxygen atoms in total. The molecule has 2 heterocycles. The highest BCUT2D eigenvalue weighted by atomic mass is 19.1. The lowest BCUT2D eigenvalue weighted by Gasteiger charge is -2.36. The van der Waals surface area contributed by atoms with Crippen LogP contribution in [-0.2, 0) is 4.74 Å². The zero-order valence-electron chi connectivity index (χ0n) is 16.2. The van der Waals surface area contributed by atoms with Crippen molar-refractivity contribution in [2.45, 2.75) is 32.5 Å². The first-order valence-electron chi connectivity index (χ1n) is 9.54. The molecule has 0 unspecified atom stereocenters. The van der Waals surface area contributed by atoms with Crippen molar-refractivity contribution >= 4 is 11.6 Å². The van der Waals surface area contributed by atoms with Gasteiger partial charge in [-0.2, -0.15) is 0 Å². The first-order valence-corrected chi connectivity index (χ1v) is 9.54. The fourth-order valence-electron chi connectivity index (χ4n) is 3.21. The quantitative estimate of drug-likeness (QED) is 0.740. The van der Waals surface area contributed by atoms with Crippen molar-refractivity contribution in [2.75, 3.05) is 31.1 Å². The molecule has 0 saturated carbocycles. The van der Waals surface area contributed by atoms with Gasteiger partial charge in [0, 0.05) is 31.5 Å². The van der Waals surface area contributed by atoms with Gasteiger partial charge >= 0.3 is 0 Å². The van der Waals surface area contributed by atoms with Crippen LogP contribution in [0.4, 0.5) is 10.1 Å². The summed E-state index contributed by atoms with van der Waals surface area (Å²) >= 11 is 0. The Morgan fingerprint density at radius 3 is 2.68 bits per heavy atom. The predicted octanol–water partition coefficient (Wildman–Crippen LogP) is 3.03. The standard InChI is InChI=1S/C21H26FN3O3/c1-15-13-25(14-16(2)28-15)18-8-10-23-20(12-18)21(26)24-9-3-11-27-19-6-4-17(22)5-7-19/h4-8,10,12,15-16H,3,9,11,13-14H2,1-2H3,(H,24,26)/t15-,16-/m1/s1. The van der Waals surface area contributed by atoms with Crippen LogP contribution in [0.1, 0.15) is 30.8 Å². The van der Waals surface area contributed by atoms with Gasteiger partial charge < -0.3 is 19.7 Å². The summed E-state index contributed by atoms with van der Waals surface area (Å²) in [6, 6.07) is 9.60. The minimum Gasteiger partial charge on any atom is -0.494 e. The number of nitrogens with one attached hydrogen (secondary N) is 1. The molecule has 2 atom stereocenters. The summed E-state index contributed by atoms with van der Waals surface area (Å²) < 4.78 is 24.1. The number of amides is 1. The molecule has 1 aliphatic rings. The Bertz CT molecular complexity index is 775. The topological polar surface area (TPSA) is 63.7 Å². The van der Waals surface area contributed by atoms with Crippen LogP contribution in [0.3, 0.4) is 0 Å². The maximum atomic E-state index is 12.8.